The number of hydrogen-bond donors (Lipinski definition) is 2. The summed E-state index contributed by atoms with van der Waals surface area (Å²) in [5.41, 5.74) is 4.65. The number of anilines is 1. The van der Waals surface area contributed by atoms with Gasteiger partial charge in [-0.25, -0.2) is 13.8 Å². The number of nitrogens with zero attached hydrogens (tertiary/aromatic N) is 4. The van der Waals surface area contributed by atoms with E-state index in [2.05, 4.69) is 63.2 Å². The molecule has 1 aliphatic rings. The number of carbonyl (C=O) groups is 1. The molecule has 0 saturated carbocycles. The standard InChI is InChI=1S/C35H36F2N6O3S/c1-5-30(44)38-21(2)27-20-28(41-40-27)34-32(31-26(37)18-23(36)19-29(31)46-16-15-45-4)35-25(10-17-47-35)33(39-34)22-6-8-24(9-7-22)43-13-11-42(3)12-14-43/h5-10,17-21H,1,11-16H2,2-4H3,(H,38,44)(H,40,41). The first-order valence-electron chi connectivity index (χ1n) is 15.3. The lowest BCUT2D eigenvalue weighted by molar-refractivity contribution is -0.117. The Morgan fingerprint density at radius 2 is 1.85 bits per heavy atom. The van der Waals surface area contributed by atoms with Gasteiger partial charge >= 0.3 is 0 Å². The average Bonchev–Trinajstić information content (AvgIpc) is 3.76. The number of nitrogens with one attached hydrogen (secondary N) is 2. The summed E-state index contributed by atoms with van der Waals surface area (Å²) in [7, 11) is 3.66. The molecule has 0 radical (unpaired) electrons. The molecule has 1 unspecified atom stereocenters. The normalized spacial score (nSPS) is 14.4. The van der Waals surface area contributed by atoms with Crippen molar-refractivity contribution in [3.63, 3.8) is 0 Å². The molecule has 1 fully saturated rings. The Balaban J connectivity index is 1.52. The van der Waals surface area contributed by atoms with Crippen LogP contribution in [-0.2, 0) is 9.53 Å². The molecule has 2 N–H and O–H groups in total. The van der Waals surface area contributed by atoms with E-state index in [-0.39, 0.29) is 30.4 Å². The van der Waals surface area contributed by atoms with E-state index < -0.39 is 17.7 Å². The minimum absolute atomic E-state index is 0.0314. The van der Waals surface area contributed by atoms with Crippen molar-refractivity contribution in [3.8, 4) is 39.5 Å². The lowest BCUT2D eigenvalue weighted by atomic mass is 9.96. The van der Waals surface area contributed by atoms with Gasteiger partial charge in [0, 0.05) is 72.3 Å². The minimum Gasteiger partial charge on any atom is -0.490 e. The molecule has 9 nitrogen and oxygen atoms in total. The zero-order valence-electron chi connectivity index (χ0n) is 26.5. The topological polar surface area (TPSA) is 95.6 Å². The van der Waals surface area contributed by atoms with Gasteiger partial charge < -0.3 is 24.6 Å². The van der Waals surface area contributed by atoms with Gasteiger partial charge in [0.25, 0.3) is 0 Å². The highest BCUT2D eigenvalue weighted by Crippen LogP contribution is 2.47. The Labute approximate surface area is 275 Å². The number of H-pyrrole nitrogens is 1. The molecule has 0 spiro atoms. The van der Waals surface area contributed by atoms with Crippen molar-refractivity contribution in [1.29, 1.82) is 0 Å². The highest BCUT2D eigenvalue weighted by atomic mass is 32.1. The van der Waals surface area contributed by atoms with Crippen LogP contribution >= 0.6 is 11.3 Å². The Morgan fingerprint density at radius 1 is 1.09 bits per heavy atom. The number of aromatic nitrogens is 3. The summed E-state index contributed by atoms with van der Waals surface area (Å²) in [6, 6.07) is 13.6. The summed E-state index contributed by atoms with van der Waals surface area (Å²) < 4.78 is 42.3. The van der Waals surface area contributed by atoms with Crippen LogP contribution in [0.15, 0.2) is 66.6 Å². The zero-order chi connectivity index (χ0) is 33.1. The Hall–Kier alpha value is -4.65. The maximum absolute atomic E-state index is 16.0. The number of carbonyl (C=O) groups excluding carboxylic acids is 1. The van der Waals surface area contributed by atoms with Crippen molar-refractivity contribution in [2.24, 2.45) is 0 Å². The lowest BCUT2D eigenvalue weighted by Gasteiger charge is -2.34. The Kier molecular flexibility index (Phi) is 9.62. The van der Waals surface area contributed by atoms with Crippen molar-refractivity contribution >= 4 is 33.0 Å². The van der Waals surface area contributed by atoms with E-state index in [1.807, 2.05) is 18.4 Å². The summed E-state index contributed by atoms with van der Waals surface area (Å²) in [5, 5.41) is 13.1. The van der Waals surface area contributed by atoms with Crippen molar-refractivity contribution in [1.82, 2.24) is 25.4 Å². The van der Waals surface area contributed by atoms with Crippen LogP contribution < -0.4 is 15.0 Å². The first-order chi connectivity index (χ1) is 22.8. The summed E-state index contributed by atoms with van der Waals surface area (Å²) in [4.78, 5) is 21.8. The largest absolute Gasteiger partial charge is 0.490 e. The van der Waals surface area contributed by atoms with E-state index >= 15 is 4.39 Å². The second kappa shape index (κ2) is 14.0. The van der Waals surface area contributed by atoms with Gasteiger partial charge in [-0.3, -0.25) is 9.89 Å². The van der Waals surface area contributed by atoms with Crippen LogP contribution in [0.2, 0.25) is 0 Å². The molecule has 0 aliphatic carbocycles. The first kappa shape index (κ1) is 32.3. The predicted octanol–water partition coefficient (Wildman–Crippen LogP) is 6.44. The van der Waals surface area contributed by atoms with Gasteiger partial charge in [-0.15, -0.1) is 11.3 Å². The van der Waals surface area contributed by atoms with Crippen LogP contribution in [-0.4, -0.2) is 79.5 Å². The van der Waals surface area contributed by atoms with E-state index in [0.717, 1.165) is 53.6 Å². The fourth-order valence-electron chi connectivity index (χ4n) is 5.73. The fourth-order valence-corrected chi connectivity index (χ4v) is 6.68. The molecular formula is C35H36F2N6O3S. The van der Waals surface area contributed by atoms with Gasteiger partial charge in [-0.2, -0.15) is 5.10 Å². The van der Waals surface area contributed by atoms with Gasteiger partial charge in [0.2, 0.25) is 5.91 Å². The van der Waals surface area contributed by atoms with Crippen LogP contribution in [0.4, 0.5) is 14.5 Å². The van der Waals surface area contributed by atoms with E-state index in [9.17, 15) is 9.18 Å². The molecule has 1 amide bonds. The monoisotopic (exact) mass is 658 g/mol. The molecule has 0 bridgehead atoms. The van der Waals surface area contributed by atoms with E-state index in [1.165, 1.54) is 30.6 Å². The van der Waals surface area contributed by atoms with Gasteiger partial charge in [0.15, 0.2) is 0 Å². The molecule has 1 saturated heterocycles. The smallest absolute Gasteiger partial charge is 0.243 e. The second-order valence-corrected chi connectivity index (χ2v) is 12.3. The molecule has 3 aromatic heterocycles. The predicted molar refractivity (Wildman–Crippen MR) is 182 cm³/mol. The lowest BCUT2D eigenvalue weighted by Crippen LogP contribution is -2.44. The minimum atomic E-state index is -0.790. The highest BCUT2D eigenvalue weighted by molar-refractivity contribution is 7.18. The van der Waals surface area contributed by atoms with Gasteiger partial charge in [0.1, 0.15) is 35.4 Å². The highest BCUT2D eigenvalue weighted by Gasteiger charge is 2.27. The van der Waals surface area contributed by atoms with E-state index in [0.29, 0.717) is 28.3 Å². The van der Waals surface area contributed by atoms with Gasteiger partial charge in [-0.1, -0.05) is 18.7 Å². The number of hydrogen-bond acceptors (Lipinski definition) is 8. The van der Waals surface area contributed by atoms with E-state index in [4.69, 9.17) is 14.5 Å². The number of rotatable bonds is 11. The summed E-state index contributed by atoms with van der Waals surface area (Å²) >= 11 is 1.43. The second-order valence-electron chi connectivity index (χ2n) is 11.4. The van der Waals surface area contributed by atoms with Crippen LogP contribution in [0.1, 0.15) is 18.7 Å². The number of aromatic amines is 1. The number of piperazine rings is 1. The Morgan fingerprint density at radius 3 is 2.57 bits per heavy atom. The van der Waals surface area contributed by atoms with Gasteiger partial charge in [-0.05, 0) is 49.7 Å². The van der Waals surface area contributed by atoms with Crippen LogP contribution in [0.3, 0.4) is 0 Å². The number of fused-ring (bicyclic) bond motifs is 1. The first-order valence-corrected chi connectivity index (χ1v) is 16.2. The number of amides is 1. The third-order valence-electron chi connectivity index (χ3n) is 8.28. The van der Waals surface area contributed by atoms with Crippen molar-refractivity contribution < 1.29 is 23.0 Å². The fraction of sp³-hybridized carbons (Fsp3) is 0.286. The quantitative estimate of drug-likeness (QED) is 0.125. The number of ether oxygens (including phenoxy) is 2. The number of thiophene rings is 1. The molecule has 4 heterocycles. The molecule has 47 heavy (non-hydrogen) atoms. The summed E-state index contributed by atoms with van der Waals surface area (Å²) in [5.74, 6) is -1.85. The molecule has 6 rings (SSSR count). The molecule has 1 atom stereocenters. The molecule has 12 heteroatoms. The van der Waals surface area contributed by atoms with Crippen molar-refractivity contribution in [2.45, 2.75) is 13.0 Å². The molecule has 1 aliphatic heterocycles. The maximum atomic E-state index is 16.0. The number of methoxy groups -OCH3 is 1. The number of halogens is 2. The average molecular weight is 659 g/mol. The number of pyridine rings is 1. The third-order valence-corrected chi connectivity index (χ3v) is 9.21. The SMILES string of the molecule is C=CC(=O)NC(C)c1cc(-c2nc(-c3ccc(N4CCN(C)CC4)cc3)c3ccsc3c2-c2c(F)cc(F)cc2OCCOC)n[nH]1. The van der Waals surface area contributed by atoms with Gasteiger partial charge in [0.05, 0.1) is 29.6 Å². The van der Waals surface area contributed by atoms with Crippen molar-refractivity contribution in [2.75, 3.05) is 58.5 Å². The maximum Gasteiger partial charge on any atom is 0.243 e. The number of likely N-dealkylation sites (N-methyl/N-ethyl adjacent to an activating group) is 1. The molecule has 2 aromatic carbocycles. The third kappa shape index (κ3) is 6.76. The summed E-state index contributed by atoms with van der Waals surface area (Å²) in [6.45, 7) is 9.56. The zero-order valence-corrected chi connectivity index (χ0v) is 27.3. The van der Waals surface area contributed by atoms with Crippen LogP contribution in [0.5, 0.6) is 5.75 Å². The number of benzene rings is 2. The van der Waals surface area contributed by atoms with Crippen LogP contribution in [0, 0.1) is 11.6 Å². The molecule has 244 valence electrons. The van der Waals surface area contributed by atoms with Crippen molar-refractivity contribution in [3.05, 3.63) is 83.9 Å². The molecular weight excluding hydrogens is 622 g/mol. The molecule has 5 aromatic rings. The summed E-state index contributed by atoms with van der Waals surface area (Å²) in [6.07, 6.45) is 1.20. The van der Waals surface area contributed by atoms with Crippen LogP contribution in [0.25, 0.3) is 43.9 Å². The van der Waals surface area contributed by atoms with E-state index in [1.54, 1.807) is 6.07 Å². The Bertz CT molecular complexity index is 1900.